The van der Waals surface area contributed by atoms with Crippen molar-refractivity contribution in [1.82, 2.24) is 34.8 Å². The molecule has 0 saturated heterocycles. The van der Waals surface area contributed by atoms with E-state index >= 15 is 0 Å². The summed E-state index contributed by atoms with van der Waals surface area (Å²) in [6.45, 7) is 5.85. The molecule has 2 aromatic heterocycles. The van der Waals surface area contributed by atoms with E-state index in [1.54, 1.807) is 25.2 Å². The minimum Gasteiger partial charge on any atom is -0.497 e. The monoisotopic (exact) mass is 475 g/mol. The van der Waals surface area contributed by atoms with Gasteiger partial charge in [-0.15, -0.1) is 20.4 Å². The third-order valence-corrected chi connectivity index (χ3v) is 6.23. The standard InChI is InChI=1S/C21H29N7O2S2/c1-15(2)12-27-18(24-26-20(27)31-4)6-5-11-22-19(29)13-32-21-25-23-14-28(21)16-7-9-17(30-3)10-8-16/h7-10,14-15H,5-6,11-13H2,1-4H3,(H,22,29). The number of hydrogen-bond acceptors (Lipinski definition) is 8. The van der Waals surface area contributed by atoms with Gasteiger partial charge in [0.15, 0.2) is 10.3 Å². The van der Waals surface area contributed by atoms with Crippen molar-refractivity contribution in [3.8, 4) is 11.4 Å². The Balaban J connectivity index is 1.45. The summed E-state index contributed by atoms with van der Waals surface area (Å²) in [6, 6.07) is 7.60. The first-order valence-electron chi connectivity index (χ1n) is 10.4. The van der Waals surface area contributed by atoms with Crippen molar-refractivity contribution in [2.75, 3.05) is 25.7 Å². The SMILES string of the molecule is COc1ccc(-n2cnnc2SCC(=O)NCCCc2nnc(SC)n2CC(C)C)cc1. The fraction of sp³-hybridized carbons (Fsp3) is 0.476. The summed E-state index contributed by atoms with van der Waals surface area (Å²) in [5, 5.41) is 21.3. The van der Waals surface area contributed by atoms with Crippen LogP contribution in [0.3, 0.4) is 0 Å². The lowest BCUT2D eigenvalue weighted by Gasteiger charge is -2.11. The lowest BCUT2D eigenvalue weighted by Crippen LogP contribution is -2.26. The van der Waals surface area contributed by atoms with Crippen molar-refractivity contribution >= 4 is 29.4 Å². The molecule has 1 N–H and O–H groups in total. The van der Waals surface area contributed by atoms with Gasteiger partial charge in [0.25, 0.3) is 0 Å². The molecule has 0 spiro atoms. The average Bonchev–Trinajstić information content (AvgIpc) is 3.42. The molecule has 0 radical (unpaired) electrons. The van der Waals surface area contributed by atoms with Crippen LogP contribution in [0.5, 0.6) is 5.75 Å². The molecule has 0 aliphatic rings. The third-order valence-electron chi connectivity index (χ3n) is 4.62. The van der Waals surface area contributed by atoms with E-state index in [-0.39, 0.29) is 11.7 Å². The second-order valence-electron chi connectivity index (χ2n) is 7.53. The van der Waals surface area contributed by atoms with Gasteiger partial charge in [-0.05, 0) is 42.9 Å². The van der Waals surface area contributed by atoms with Crippen LogP contribution in [0.1, 0.15) is 26.1 Å². The van der Waals surface area contributed by atoms with Gasteiger partial charge in [0.2, 0.25) is 5.91 Å². The van der Waals surface area contributed by atoms with Gasteiger partial charge >= 0.3 is 0 Å². The van der Waals surface area contributed by atoms with Gasteiger partial charge in [-0.1, -0.05) is 37.4 Å². The highest BCUT2D eigenvalue weighted by atomic mass is 32.2. The Hall–Kier alpha value is -2.53. The molecule has 172 valence electrons. The number of ether oxygens (including phenoxy) is 1. The number of hydrogen-bond donors (Lipinski definition) is 1. The van der Waals surface area contributed by atoms with Crippen molar-refractivity contribution in [3.05, 3.63) is 36.4 Å². The first-order valence-corrected chi connectivity index (χ1v) is 12.6. The molecule has 0 atom stereocenters. The van der Waals surface area contributed by atoms with E-state index in [0.717, 1.165) is 41.8 Å². The number of aromatic nitrogens is 6. The maximum Gasteiger partial charge on any atom is 0.230 e. The minimum absolute atomic E-state index is 0.0345. The number of benzene rings is 1. The fourth-order valence-electron chi connectivity index (χ4n) is 3.10. The zero-order valence-corrected chi connectivity index (χ0v) is 20.4. The van der Waals surface area contributed by atoms with Crippen LogP contribution in [0, 0.1) is 5.92 Å². The lowest BCUT2D eigenvalue weighted by molar-refractivity contribution is -0.118. The molecule has 0 unspecified atom stereocenters. The Morgan fingerprint density at radius 1 is 1.16 bits per heavy atom. The maximum atomic E-state index is 12.3. The fourth-order valence-corrected chi connectivity index (χ4v) is 4.38. The van der Waals surface area contributed by atoms with Gasteiger partial charge < -0.3 is 14.6 Å². The number of methoxy groups -OCH3 is 1. The molecule has 32 heavy (non-hydrogen) atoms. The highest BCUT2D eigenvalue weighted by Crippen LogP contribution is 2.21. The largest absolute Gasteiger partial charge is 0.497 e. The smallest absolute Gasteiger partial charge is 0.230 e. The molecule has 0 bridgehead atoms. The van der Waals surface area contributed by atoms with E-state index < -0.39 is 0 Å². The van der Waals surface area contributed by atoms with E-state index in [4.69, 9.17) is 4.74 Å². The van der Waals surface area contributed by atoms with E-state index in [0.29, 0.717) is 17.6 Å². The normalized spacial score (nSPS) is 11.2. The average molecular weight is 476 g/mol. The minimum atomic E-state index is -0.0345. The molecular weight excluding hydrogens is 446 g/mol. The van der Waals surface area contributed by atoms with Gasteiger partial charge in [-0.3, -0.25) is 9.36 Å². The maximum absolute atomic E-state index is 12.3. The molecule has 0 aliphatic heterocycles. The highest BCUT2D eigenvalue weighted by Gasteiger charge is 2.13. The molecule has 0 saturated carbocycles. The summed E-state index contributed by atoms with van der Waals surface area (Å²) < 4.78 is 9.22. The predicted molar refractivity (Wildman–Crippen MR) is 127 cm³/mol. The van der Waals surface area contributed by atoms with Crippen molar-refractivity contribution in [1.29, 1.82) is 0 Å². The van der Waals surface area contributed by atoms with Gasteiger partial charge in [-0.25, -0.2) is 0 Å². The summed E-state index contributed by atoms with van der Waals surface area (Å²) in [4.78, 5) is 12.3. The third kappa shape index (κ3) is 6.49. The zero-order valence-electron chi connectivity index (χ0n) is 18.8. The van der Waals surface area contributed by atoms with Crippen LogP contribution < -0.4 is 10.1 Å². The van der Waals surface area contributed by atoms with Crippen molar-refractivity contribution in [2.45, 2.75) is 43.5 Å². The first-order chi connectivity index (χ1) is 15.5. The lowest BCUT2D eigenvalue weighted by atomic mass is 10.2. The second kappa shape index (κ2) is 11.9. The van der Waals surface area contributed by atoms with Crippen LogP contribution in [0.25, 0.3) is 5.69 Å². The van der Waals surface area contributed by atoms with Gasteiger partial charge in [0.05, 0.1) is 12.9 Å². The number of carbonyl (C=O) groups is 1. The molecule has 1 aromatic carbocycles. The molecule has 0 aliphatic carbocycles. The molecular formula is C21H29N7O2S2. The molecule has 2 heterocycles. The number of amides is 1. The number of rotatable bonds is 12. The summed E-state index contributed by atoms with van der Waals surface area (Å²) >= 11 is 2.96. The number of nitrogens with one attached hydrogen (secondary N) is 1. The first kappa shape index (κ1) is 24.1. The summed E-state index contributed by atoms with van der Waals surface area (Å²) in [6.07, 6.45) is 5.23. The zero-order chi connectivity index (χ0) is 22.9. The number of thioether (sulfide) groups is 2. The Labute approximate surface area is 196 Å². The summed E-state index contributed by atoms with van der Waals surface area (Å²) in [5.74, 6) is 2.51. The van der Waals surface area contributed by atoms with Crippen LogP contribution in [-0.2, 0) is 17.8 Å². The second-order valence-corrected chi connectivity index (χ2v) is 9.25. The van der Waals surface area contributed by atoms with E-state index in [2.05, 4.69) is 44.1 Å². The van der Waals surface area contributed by atoms with Gasteiger partial charge in [0, 0.05) is 25.2 Å². The van der Waals surface area contributed by atoms with E-state index in [9.17, 15) is 4.79 Å². The molecule has 9 nitrogen and oxygen atoms in total. The Morgan fingerprint density at radius 3 is 2.62 bits per heavy atom. The predicted octanol–water partition coefficient (Wildman–Crippen LogP) is 3.09. The van der Waals surface area contributed by atoms with Crippen molar-refractivity contribution in [3.63, 3.8) is 0 Å². The number of aryl methyl sites for hydroxylation is 1. The van der Waals surface area contributed by atoms with Crippen LogP contribution in [0.15, 0.2) is 40.9 Å². The molecule has 0 fully saturated rings. The van der Waals surface area contributed by atoms with Crippen LogP contribution in [-0.4, -0.2) is 61.1 Å². The Kier molecular flexibility index (Phi) is 8.98. The van der Waals surface area contributed by atoms with Crippen molar-refractivity contribution in [2.24, 2.45) is 5.92 Å². The van der Waals surface area contributed by atoms with E-state index in [1.807, 2.05) is 35.1 Å². The number of carbonyl (C=O) groups excluding carboxylic acids is 1. The molecule has 11 heteroatoms. The van der Waals surface area contributed by atoms with Crippen LogP contribution in [0.4, 0.5) is 0 Å². The Bertz CT molecular complexity index is 1000. The van der Waals surface area contributed by atoms with Crippen LogP contribution >= 0.6 is 23.5 Å². The number of nitrogens with zero attached hydrogens (tertiary/aromatic N) is 6. The summed E-state index contributed by atoms with van der Waals surface area (Å²) in [5.41, 5.74) is 0.911. The van der Waals surface area contributed by atoms with Crippen molar-refractivity contribution < 1.29 is 9.53 Å². The van der Waals surface area contributed by atoms with Gasteiger partial charge in [-0.2, -0.15) is 0 Å². The Morgan fingerprint density at radius 2 is 1.94 bits per heavy atom. The molecule has 3 aromatic rings. The highest BCUT2D eigenvalue weighted by molar-refractivity contribution is 7.99. The summed E-state index contributed by atoms with van der Waals surface area (Å²) in [7, 11) is 1.63. The quantitative estimate of drug-likeness (QED) is 0.315. The van der Waals surface area contributed by atoms with Gasteiger partial charge in [0.1, 0.15) is 17.9 Å². The molecule has 3 rings (SSSR count). The van der Waals surface area contributed by atoms with Crippen LogP contribution in [0.2, 0.25) is 0 Å². The topological polar surface area (TPSA) is 99.8 Å². The van der Waals surface area contributed by atoms with E-state index in [1.165, 1.54) is 11.8 Å². The molecule has 1 amide bonds.